The first-order valence-electron chi connectivity index (χ1n) is 5.96. The van der Waals surface area contributed by atoms with Crippen LogP contribution in [0.4, 0.5) is 5.82 Å². The van der Waals surface area contributed by atoms with Crippen molar-refractivity contribution in [1.82, 2.24) is 9.97 Å². The molecule has 1 aromatic rings. The molecular weight excluding hydrogens is 186 g/mol. The highest BCUT2D eigenvalue weighted by Crippen LogP contribution is 2.20. The maximum Gasteiger partial charge on any atom is 0.129 e. The number of aryl methyl sites for hydroxylation is 1. The summed E-state index contributed by atoms with van der Waals surface area (Å²) in [6.45, 7) is 2.12. The summed E-state index contributed by atoms with van der Waals surface area (Å²) >= 11 is 0. The van der Waals surface area contributed by atoms with E-state index in [4.69, 9.17) is 0 Å². The minimum absolute atomic E-state index is 0.623. The molecule has 15 heavy (non-hydrogen) atoms. The lowest BCUT2D eigenvalue weighted by molar-refractivity contribution is 0.462. The van der Waals surface area contributed by atoms with Gasteiger partial charge in [-0.05, 0) is 19.3 Å². The van der Waals surface area contributed by atoms with E-state index in [2.05, 4.69) is 28.3 Å². The van der Waals surface area contributed by atoms with Gasteiger partial charge in [-0.1, -0.05) is 26.2 Å². The van der Waals surface area contributed by atoms with Crippen molar-refractivity contribution in [2.45, 2.75) is 51.5 Å². The van der Waals surface area contributed by atoms with E-state index in [0.29, 0.717) is 6.04 Å². The average molecular weight is 205 g/mol. The van der Waals surface area contributed by atoms with Crippen LogP contribution >= 0.6 is 0 Å². The molecule has 3 nitrogen and oxygen atoms in total. The van der Waals surface area contributed by atoms with E-state index in [1.807, 2.05) is 0 Å². The third-order valence-electron chi connectivity index (χ3n) is 3.04. The molecule has 1 aliphatic carbocycles. The molecule has 1 saturated carbocycles. The standard InChI is InChI=1S/C12H19N3/c1-2-10-8-12(14-9-13-10)15-11-6-4-3-5-7-11/h8-9,11H,2-7H2,1H3,(H,13,14,15). The van der Waals surface area contributed by atoms with Crippen LogP contribution in [0.15, 0.2) is 12.4 Å². The molecule has 0 atom stereocenters. The summed E-state index contributed by atoms with van der Waals surface area (Å²) in [5, 5.41) is 3.50. The molecule has 1 heterocycles. The number of anilines is 1. The Kier molecular flexibility index (Phi) is 3.54. The molecule has 82 valence electrons. The van der Waals surface area contributed by atoms with Crippen LogP contribution in [0, 0.1) is 0 Å². The van der Waals surface area contributed by atoms with Crippen molar-refractivity contribution in [3.05, 3.63) is 18.1 Å². The lowest BCUT2D eigenvalue weighted by atomic mass is 9.95. The van der Waals surface area contributed by atoms with Gasteiger partial charge in [0.15, 0.2) is 0 Å². The van der Waals surface area contributed by atoms with Gasteiger partial charge >= 0.3 is 0 Å². The topological polar surface area (TPSA) is 37.8 Å². The second kappa shape index (κ2) is 5.10. The molecule has 0 bridgehead atoms. The Balaban J connectivity index is 1.96. The Morgan fingerprint density at radius 2 is 2.07 bits per heavy atom. The van der Waals surface area contributed by atoms with Crippen molar-refractivity contribution in [3.8, 4) is 0 Å². The summed E-state index contributed by atoms with van der Waals surface area (Å²) in [4.78, 5) is 8.46. The van der Waals surface area contributed by atoms with Gasteiger partial charge < -0.3 is 5.32 Å². The van der Waals surface area contributed by atoms with Crippen molar-refractivity contribution in [2.24, 2.45) is 0 Å². The molecule has 0 spiro atoms. The van der Waals surface area contributed by atoms with Crippen LogP contribution in [0.25, 0.3) is 0 Å². The first kappa shape index (κ1) is 10.4. The van der Waals surface area contributed by atoms with Crippen LogP contribution in [0.1, 0.15) is 44.7 Å². The van der Waals surface area contributed by atoms with E-state index in [0.717, 1.165) is 17.9 Å². The van der Waals surface area contributed by atoms with Gasteiger partial charge in [0.2, 0.25) is 0 Å². The Hall–Kier alpha value is -1.12. The van der Waals surface area contributed by atoms with Gasteiger partial charge in [-0.15, -0.1) is 0 Å². The molecule has 1 aliphatic rings. The van der Waals surface area contributed by atoms with Crippen LogP contribution in [0.2, 0.25) is 0 Å². The third kappa shape index (κ3) is 2.91. The smallest absolute Gasteiger partial charge is 0.129 e. The van der Waals surface area contributed by atoms with Gasteiger partial charge in [-0.3, -0.25) is 0 Å². The van der Waals surface area contributed by atoms with E-state index >= 15 is 0 Å². The number of nitrogens with zero attached hydrogens (tertiary/aromatic N) is 2. The lowest BCUT2D eigenvalue weighted by Crippen LogP contribution is -2.22. The summed E-state index contributed by atoms with van der Waals surface area (Å²) in [5.74, 6) is 0.994. The third-order valence-corrected chi connectivity index (χ3v) is 3.04. The zero-order valence-corrected chi connectivity index (χ0v) is 9.37. The summed E-state index contributed by atoms with van der Waals surface area (Å²) in [6, 6.07) is 2.69. The molecular formula is C12H19N3. The highest BCUT2D eigenvalue weighted by Gasteiger charge is 2.13. The Morgan fingerprint density at radius 1 is 1.27 bits per heavy atom. The maximum absolute atomic E-state index is 4.26. The van der Waals surface area contributed by atoms with Gasteiger partial charge in [0.05, 0.1) is 0 Å². The predicted octanol–water partition coefficient (Wildman–Crippen LogP) is 2.78. The molecule has 1 N–H and O–H groups in total. The molecule has 0 saturated heterocycles. The van der Waals surface area contributed by atoms with Crippen LogP contribution in [0.5, 0.6) is 0 Å². The zero-order chi connectivity index (χ0) is 10.5. The second-order valence-corrected chi connectivity index (χ2v) is 4.23. The number of rotatable bonds is 3. The minimum atomic E-state index is 0.623. The molecule has 2 rings (SSSR count). The maximum atomic E-state index is 4.26. The molecule has 1 aromatic heterocycles. The first-order chi connectivity index (χ1) is 7.38. The monoisotopic (exact) mass is 205 g/mol. The first-order valence-corrected chi connectivity index (χ1v) is 5.96. The lowest BCUT2D eigenvalue weighted by Gasteiger charge is -2.23. The highest BCUT2D eigenvalue weighted by molar-refractivity contribution is 5.36. The van der Waals surface area contributed by atoms with Gasteiger partial charge in [-0.25, -0.2) is 9.97 Å². The van der Waals surface area contributed by atoms with Gasteiger partial charge in [0.25, 0.3) is 0 Å². The van der Waals surface area contributed by atoms with Gasteiger partial charge in [0.1, 0.15) is 12.1 Å². The molecule has 0 aliphatic heterocycles. The summed E-state index contributed by atoms with van der Waals surface area (Å²) < 4.78 is 0. The van der Waals surface area contributed by atoms with Crippen LogP contribution in [-0.4, -0.2) is 16.0 Å². The molecule has 0 unspecified atom stereocenters. The molecule has 0 aromatic carbocycles. The van der Waals surface area contributed by atoms with Gasteiger partial charge in [-0.2, -0.15) is 0 Å². The highest BCUT2D eigenvalue weighted by atomic mass is 15.0. The van der Waals surface area contributed by atoms with Gasteiger partial charge in [0, 0.05) is 17.8 Å². The van der Waals surface area contributed by atoms with E-state index in [-0.39, 0.29) is 0 Å². The molecule has 0 amide bonds. The number of aromatic nitrogens is 2. The minimum Gasteiger partial charge on any atom is -0.367 e. The fourth-order valence-electron chi connectivity index (χ4n) is 2.13. The van der Waals surface area contributed by atoms with E-state index in [1.54, 1.807) is 6.33 Å². The van der Waals surface area contributed by atoms with Crippen molar-refractivity contribution >= 4 is 5.82 Å². The predicted molar refractivity (Wildman–Crippen MR) is 61.9 cm³/mol. The molecule has 3 heteroatoms. The van der Waals surface area contributed by atoms with E-state index in [1.165, 1.54) is 32.1 Å². The summed E-state index contributed by atoms with van der Waals surface area (Å²) in [6.07, 6.45) is 9.29. The normalized spacial score (nSPS) is 17.7. The number of hydrogen-bond acceptors (Lipinski definition) is 3. The largest absolute Gasteiger partial charge is 0.367 e. The number of nitrogens with one attached hydrogen (secondary N) is 1. The Labute approximate surface area is 91.3 Å². The quantitative estimate of drug-likeness (QED) is 0.824. The van der Waals surface area contributed by atoms with Crippen LogP contribution in [-0.2, 0) is 6.42 Å². The van der Waals surface area contributed by atoms with E-state index in [9.17, 15) is 0 Å². The number of hydrogen-bond donors (Lipinski definition) is 1. The van der Waals surface area contributed by atoms with Crippen molar-refractivity contribution in [1.29, 1.82) is 0 Å². The molecule has 1 fully saturated rings. The second-order valence-electron chi connectivity index (χ2n) is 4.23. The molecule has 0 radical (unpaired) electrons. The summed E-state index contributed by atoms with van der Waals surface area (Å²) in [7, 11) is 0. The van der Waals surface area contributed by atoms with Crippen LogP contribution < -0.4 is 5.32 Å². The fraction of sp³-hybridized carbons (Fsp3) is 0.667. The Bertz CT molecular complexity index is 305. The van der Waals surface area contributed by atoms with Crippen molar-refractivity contribution < 1.29 is 0 Å². The van der Waals surface area contributed by atoms with Crippen LogP contribution in [0.3, 0.4) is 0 Å². The van der Waals surface area contributed by atoms with E-state index < -0.39 is 0 Å². The zero-order valence-electron chi connectivity index (χ0n) is 9.37. The van der Waals surface area contributed by atoms with Crippen molar-refractivity contribution in [2.75, 3.05) is 5.32 Å². The average Bonchev–Trinajstić information content (AvgIpc) is 2.31. The summed E-state index contributed by atoms with van der Waals surface area (Å²) in [5.41, 5.74) is 1.11. The fourth-order valence-corrected chi connectivity index (χ4v) is 2.13. The Morgan fingerprint density at radius 3 is 2.80 bits per heavy atom. The van der Waals surface area contributed by atoms with Crippen molar-refractivity contribution in [3.63, 3.8) is 0 Å². The SMILES string of the molecule is CCc1cc(NC2CCCCC2)ncn1.